The Balaban J connectivity index is 2.34. The smallest absolute Gasteiger partial charge is 0.404 e. The molecule has 0 aliphatic rings. The van der Waals surface area contributed by atoms with Gasteiger partial charge in [-0.3, -0.25) is 4.72 Å². The van der Waals surface area contributed by atoms with Gasteiger partial charge >= 0.3 is 6.36 Å². The van der Waals surface area contributed by atoms with Crippen LogP contribution in [-0.4, -0.2) is 29.5 Å². The van der Waals surface area contributed by atoms with Crippen molar-refractivity contribution in [2.75, 3.05) is 11.0 Å². The zero-order chi connectivity index (χ0) is 18.9. The van der Waals surface area contributed by atoms with Crippen molar-refractivity contribution in [1.29, 1.82) is 0 Å². The Morgan fingerprint density at radius 3 is 2.00 bits per heavy atom. The number of sulfonamides is 1. The van der Waals surface area contributed by atoms with Gasteiger partial charge in [0.15, 0.2) is 9.84 Å². The van der Waals surface area contributed by atoms with E-state index in [0.29, 0.717) is 0 Å². The highest BCUT2D eigenvalue weighted by atomic mass is 32.2. The highest BCUT2D eigenvalue weighted by molar-refractivity contribution is 7.92. The highest BCUT2D eigenvalue weighted by Gasteiger charge is 2.34. The third-order valence-corrected chi connectivity index (χ3v) is 5.45. The standard InChI is InChI=1S/C14H12F3NO5S2/c1-24(19,20)11-8-6-10(7-9-11)18-25(21,22)13-5-3-2-4-12(13)23-14(15,16)17/h2-9,18H,1H3. The van der Waals surface area contributed by atoms with E-state index in [9.17, 15) is 30.0 Å². The zero-order valence-electron chi connectivity index (χ0n) is 12.6. The van der Waals surface area contributed by atoms with E-state index in [0.717, 1.165) is 18.4 Å². The first-order chi connectivity index (χ1) is 11.4. The second-order valence-corrected chi connectivity index (χ2v) is 8.56. The largest absolute Gasteiger partial charge is 0.573 e. The minimum absolute atomic E-state index is 0.0192. The van der Waals surface area contributed by atoms with Gasteiger partial charge in [0.1, 0.15) is 10.6 Å². The number of nitrogens with one attached hydrogen (secondary N) is 1. The molecule has 0 atom stereocenters. The van der Waals surface area contributed by atoms with Crippen LogP contribution in [0.2, 0.25) is 0 Å². The molecule has 0 radical (unpaired) electrons. The maximum absolute atomic E-state index is 12.4. The molecule has 6 nitrogen and oxygen atoms in total. The molecular formula is C14H12F3NO5S2. The Morgan fingerprint density at radius 1 is 0.920 bits per heavy atom. The van der Waals surface area contributed by atoms with Crippen LogP contribution in [0.4, 0.5) is 18.9 Å². The summed E-state index contributed by atoms with van der Waals surface area (Å²) >= 11 is 0. The molecule has 11 heteroatoms. The first-order valence-corrected chi connectivity index (χ1v) is 9.94. The van der Waals surface area contributed by atoms with Gasteiger partial charge in [-0.05, 0) is 36.4 Å². The Bertz CT molecular complexity index is 968. The topological polar surface area (TPSA) is 89.5 Å². The first-order valence-electron chi connectivity index (χ1n) is 6.56. The molecule has 2 aromatic rings. The Labute approximate surface area is 142 Å². The van der Waals surface area contributed by atoms with Crippen molar-refractivity contribution in [3.63, 3.8) is 0 Å². The number of hydrogen-bond acceptors (Lipinski definition) is 5. The SMILES string of the molecule is CS(=O)(=O)c1ccc(NS(=O)(=O)c2ccccc2OC(F)(F)F)cc1. The van der Waals surface area contributed by atoms with Gasteiger partial charge in [0.05, 0.1) is 4.90 Å². The fraction of sp³-hybridized carbons (Fsp3) is 0.143. The number of ether oxygens (including phenoxy) is 1. The highest BCUT2D eigenvalue weighted by Crippen LogP contribution is 2.30. The summed E-state index contributed by atoms with van der Waals surface area (Å²) in [6.07, 6.45) is -4.07. The molecule has 0 spiro atoms. The fourth-order valence-corrected chi connectivity index (χ4v) is 3.68. The van der Waals surface area contributed by atoms with Crippen molar-refractivity contribution in [3.05, 3.63) is 48.5 Å². The molecule has 0 amide bonds. The summed E-state index contributed by atoms with van der Waals surface area (Å²) in [7, 11) is -7.85. The molecule has 0 heterocycles. The van der Waals surface area contributed by atoms with Crippen LogP contribution in [0.1, 0.15) is 0 Å². The van der Waals surface area contributed by atoms with Gasteiger partial charge in [0, 0.05) is 11.9 Å². The van der Waals surface area contributed by atoms with Crippen LogP contribution in [0.15, 0.2) is 58.3 Å². The molecule has 0 bridgehead atoms. The van der Waals surface area contributed by atoms with Gasteiger partial charge < -0.3 is 4.74 Å². The Hall–Kier alpha value is -2.27. The van der Waals surface area contributed by atoms with Gasteiger partial charge in [-0.25, -0.2) is 16.8 Å². The monoisotopic (exact) mass is 395 g/mol. The van der Waals surface area contributed by atoms with Gasteiger partial charge in [0.2, 0.25) is 0 Å². The van der Waals surface area contributed by atoms with E-state index in [1.807, 2.05) is 0 Å². The summed E-state index contributed by atoms with van der Waals surface area (Å²) in [5, 5.41) is 0. The van der Waals surface area contributed by atoms with Crippen LogP contribution in [0, 0.1) is 0 Å². The summed E-state index contributed by atoms with van der Waals surface area (Å²) in [6, 6.07) is 8.97. The number of para-hydroxylation sites is 1. The van der Waals surface area contributed by atoms with Crippen molar-refractivity contribution in [3.8, 4) is 5.75 Å². The van der Waals surface area contributed by atoms with Crippen LogP contribution in [0.5, 0.6) is 5.75 Å². The second kappa shape index (κ2) is 6.56. The van der Waals surface area contributed by atoms with E-state index in [4.69, 9.17) is 0 Å². The zero-order valence-corrected chi connectivity index (χ0v) is 14.2. The molecule has 0 aliphatic carbocycles. The maximum Gasteiger partial charge on any atom is 0.573 e. The summed E-state index contributed by atoms with van der Waals surface area (Å²) < 4.78 is 90.3. The molecule has 0 fully saturated rings. The average Bonchev–Trinajstić information content (AvgIpc) is 2.45. The number of sulfone groups is 1. The summed E-state index contributed by atoms with van der Waals surface area (Å²) in [5.41, 5.74) is -0.0192. The number of anilines is 1. The number of hydrogen-bond donors (Lipinski definition) is 1. The van der Waals surface area contributed by atoms with E-state index in [-0.39, 0.29) is 10.6 Å². The van der Waals surface area contributed by atoms with Gasteiger partial charge in [-0.15, -0.1) is 13.2 Å². The van der Waals surface area contributed by atoms with Crippen molar-refractivity contribution in [2.24, 2.45) is 0 Å². The van der Waals surface area contributed by atoms with Crippen molar-refractivity contribution in [1.82, 2.24) is 0 Å². The molecule has 2 aromatic carbocycles. The Kier molecular flexibility index (Phi) is 5.00. The van der Waals surface area contributed by atoms with Crippen molar-refractivity contribution < 1.29 is 34.7 Å². The lowest BCUT2D eigenvalue weighted by Gasteiger charge is -2.14. The lowest BCUT2D eigenvalue weighted by molar-refractivity contribution is -0.275. The summed E-state index contributed by atoms with van der Waals surface area (Å²) in [6.45, 7) is 0. The molecule has 0 saturated carbocycles. The van der Waals surface area contributed by atoms with E-state index >= 15 is 0 Å². The molecule has 25 heavy (non-hydrogen) atoms. The van der Waals surface area contributed by atoms with Crippen LogP contribution < -0.4 is 9.46 Å². The van der Waals surface area contributed by atoms with Crippen molar-refractivity contribution >= 4 is 25.5 Å². The lowest BCUT2D eigenvalue weighted by atomic mass is 10.3. The lowest BCUT2D eigenvalue weighted by Crippen LogP contribution is -2.20. The van der Waals surface area contributed by atoms with Gasteiger partial charge in [-0.1, -0.05) is 12.1 Å². The molecule has 136 valence electrons. The van der Waals surface area contributed by atoms with Gasteiger partial charge in [-0.2, -0.15) is 0 Å². The number of alkyl halides is 3. The Morgan fingerprint density at radius 2 is 1.48 bits per heavy atom. The third kappa shape index (κ3) is 5.10. The van der Waals surface area contributed by atoms with Crippen LogP contribution >= 0.6 is 0 Å². The van der Waals surface area contributed by atoms with E-state index in [1.54, 1.807) is 0 Å². The molecule has 2 rings (SSSR count). The summed E-state index contributed by atoms with van der Waals surface area (Å²) in [5.74, 6) is -0.879. The number of benzene rings is 2. The minimum atomic E-state index is -5.05. The van der Waals surface area contributed by atoms with E-state index in [1.165, 1.54) is 36.4 Å². The quantitative estimate of drug-likeness (QED) is 0.841. The van der Waals surface area contributed by atoms with Crippen LogP contribution in [-0.2, 0) is 19.9 Å². The maximum atomic E-state index is 12.4. The minimum Gasteiger partial charge on any atom is -0.404 e. The summed E-state index contributed by atoms with van der Waals surface area (Å²) in [4.78, 5) is -0.740. The fourth-order valence-electron chi connectivity index (χ4n) is 1.86. The van der Waals surface area contributed by atoms with E-state index < -0.39 is 36.9 Å². The molecule has 0 saturated heterocycles. The van der Waals surface area contributed by atoms with Crippen LogP contribution in [0.25, 0.3) is 0 Å². The molecular weight excluding hydrogens is 383 g/mol. The number of halogens is 3. The second-order valence-electron chi connectivity index (χ2n) is 4.90. The molecule has 0 aromatic heterocycles. The van der Waals surface area contributed by atoms with Gasteiger partial charge in [0.25, 0.3) is 10.0 Å². The number of rotatable bonds is 5. The van der Waals surface area contributed by atoms with E-state index in [2.05, 4.69) is 9.46 Å². The predicted molar refractivity (Wildman–Crippen MR) is 83.5 cm³/mol. The molecule has 0 unspecified atom stereocenters. The third-order valence-electron chi connectivity index (χ3n) is 2.90. The van der Waals surface area contributed by atoms with Crippen molar-refractivity contribution in [2.45, 2.75) is 16.2 Å². The molecule has 1 N–H and O–H groups in total. The first kappa shape index (κ1) is 19.1. The predicted octanol–water partition coefficient (Wildman–Crippen LogP) is 2.79. The van der Waals surface area contributed by atoms with Crippen LogP contribution in [0.3, 0.4) is 0 Å². The average molecular weight is 395 g/mol. The normalized spacial score (nSPS) is 12.6. The molecule has 0 aliphatic heterocycles.